The van der Waals surface area contributed by atoms with Crippen molar-refractivity contribution in [1.82, 2.24) is 0 Å². The number of nitriles is 1. The lowest BCUT2D eigenvalue weighted by Crippen LogP contribution is -2.08. The fourth-order valence-electron chi connectivity index (χ4n) is 1.31. The Bertz CT molecular complexity index is 404. The van der Waals surface area contributed by atoms with Gasteiger partial charge in [0.2, 0.25) is 0 Å². The molecule has 4 nitrogen and oxygen atoms in total. The maximum atomic E-state index is 8.73. The van der Waals surface area contributed by atoms with Gasteiger partial charge in [-0.15, -0.1) is 0 Å². The van der Waals surface area contributed by atoms with Gasteiger partial charge in [-0.25, -0.2) is 0 Å². The van der Waals surface area contributed by atoms with Gasteiger partial charge in [0.15, 0.2) is 0 Å². The van der Waals surface area contributed by atoms with E-state index in [1.807, 2.05) is 0 Å². The first-order chi connectivity index (χ1) is 8.77. The smallest absolute Gasteiger partial charge is 0.133 e. The first-order valence-corrected chi connectivity index (χ1v) is 6.46. The molecular weight excluding hydrogens is 298 g/mol. The molecule has 0 aromatic heterocycles. The number of rotatable bonds is 8. The van der Waals surface area contributed by atoms with E-state index in [1.54, 1.807) is 25.3 Å². The van der Waals surface area contributed by atoms with E-state index >= 15 is 0 Å². The van der Waals surface area contributed by atoms with Crippen molar-refractivity contribution >= 4 is 15.9 Å². The van der Waals surface area contributed by atoms with Crippen molar-refractivity contribution in [1.29, 1.82) is 5.26 Å². The maximum absolute atomic E-state index is 8.73. The number of ether oxygens (including phenoxy) is 3. The summed E-state index contributed by atoms with van der Waals surface area (Å²) >= 11 is 3.36. The quantitative estimate of drug-likeness (QED) is 0.692. The number of halogens is 1. The average molecular weight is 314 g/mol. The molecule has 0 saturated carbocycles. The van der Waals surface area contributed by atoms with Crippen LogP contribution in [0.2, 0.25) is 0 Å². The topological polar surface area (TPSA) is 51.5 Å². The lowest BCUT2D eigenvalue weighted by molar-refractivity contribution is 0.0805. The summed E-state index contributed by atoms with van der Waals surface area (Å²) in [7, 11) is 1.67. The third-order valence-electron chi connectivity index (χ3n) is 2.18. The Morgan fingerprint density at radius 2 is 2.06 bits per heavy atom. The molecule has 0 bridgehead atoms. The van der Waals surface area contributed by atoms with E-state index < -0.39 is 0 Å². The Hall–Kier alpha value is -1.09. The predicted molar refractivity (Wildman–Crippen MR) is 71.7 cm³/mol. The second-order valence-electron chi connectivity index (χ2n) is 3.56. The van der Waals surface area contributed by atoms with Crippen LogP contribution in [-0.4, -0.2) is 33.5 Å². The summed E-state index contributed by atoms with van der Waals surface area (Å²) in [5, 5.41) is 8.73. The molecule has 0 heterocycles. The fourth-order valence-corrected chi connectivity index (χ4v) is 1.80. The number of methoxy groups -OCH3 is 1. The summed E-state index contributed by atoms with van der Waals surface area (Å²) in [6, 6.07) is 7.29. The molecular formula is C13H16BrNO3. The molecule has 0 aliphatic heterocycles. The zero-order valence-corrected chi connectivity index (χ0v) is 11.9. The van der Waals surface area contributed by atoms with Crippen LogP contribution in [-0.2, 0) is 9.47 Å². The monoisotopic (exact) mass is 313 g/mol. The average Bonchev–Trinajstić information content (AvgIpc) is 2.39. The summed E-state index contributed by atoms with van der Waals surface area (Å²) in [5.74, 6) is 0.717. The van der Waals surface area contributed by atoms with Gasteiger partial charge >= 0.3 is 0 Å². The van der Waals surface area contributed by atoms with E-state index in [-0.39, 0.29) is 0 Å². The van der Waals surface area contributed by atoms with E-state index in [0.29, 0.717) is 32.0 Å². The van der Waals surface area contributed by atoms with E-state index in [0.717, 1.165) is 16.6 Å². The molecule has 0 unspecified atom stereocenters. The molecule has 0 atom stereocenters. The molecule has 0 fully saturated rings. The number of nitrogens with zero attached hydrogens (tertiary/aromatic N) is 1. The Morgan fingerprint density at radius 1 is 1.22 bits per heavy atom. The molecule has 0 aliphatic carbocycles. The van der Waals surface area contributed by atoms with Gasteiger partial charge in [-0.2, -0.15) is 5.26 Å². The minimum Gasteiger partial charge on any atom is -0.490 e. The standard InChI is InChI=1S/C13H16BrNO3/c1-16-5-2-6-17-7-8-18-13-4-3-11(10-15)9-12(13)14/h3-4,9H,2,5-8H2,1H3. The minimum atomic E-state index is 0.484. The highest BCUT2D eigenvalue weighted by atomic mass is 79.9. The van der Waals surface area contributed by atoms with Crippen LogP contribution in [0.1, 0.15) is 12.0 Å². The first kappa shape index (κ1) is 15.0. The predicted octanol–water partition coefficient (Wildman–Crippen LogP) is 2.75. The molecule has 18 heavy (non-hydrogen) atoms. The summed E-state index contributed by atoms with van der Waals surface area (Å²) in [5.41, 5.74) is 0.602. The Kier molecular flexibility index (Phi) is 7.42. The van der Waals surface area contributed by atoms with Gasteiger partial charge < -0.3 is 14.2 Å². The van der Waals surface area contributed by atoms with Crippen LogP contribution in [0, 0.1) is 11.3 Å². The van der Waals surface area contributed by atoms with Gasteiger partial charge in [-0.1, -0.05) is 0 Å². The van der Waals surface area contributed by atoms with Gasteiger partial charge in [-0.3, -0.25) is 0 Å². The van der Waals surface area contributed by atoms with E-state index in [4.69, 9.17) is 19.5 Å². The van der Waals surface area contributed by atoms with Crippen LogP contribution < -0.4 is 4.74 Å². The molecule has 5 heteroatoms. The van der Waals surface area contributed by atoms with Crippen LogP contribution in [0.4, 0.5) is 0 Å². The van der Waals surface area contributed by atoms with Crippen LogP contribution in [0.25, 0.3) is 0 Å². The fraction of sp³-hybridized carbons (Fsp3) is 0.462. The SMILES string of the molecule is COCCCOCCOc1ccc(C#N)cc1Br. The lowest BCUT2D eigenvalue weighted by Gasteiger charge is -2.08. The molecule has 98 valence electrons. The van der Waals surface area contributed by atoms with Crippen molar-refractivity contribution in [2.45, 2.75) is 6.42 Å². The van der Waals surface area contributed by atoms with E-state index in [2.05, 4.69) is 22.0 Å². The van der Waals surface area contributed by atoms with Gasteiger partial charge in [0.25, 0.3) is 0 Å². The van der Waals surface area contributed by atoms with Crippen molar-refractivity contribution in [2.24, 2.45) is 0 Å². The van der Waals surface area contributed by atoms with Crippen molar-refractivity contribution in [2.75, 3.05) is 33.5 Å². The summed E-state index contributed by atoms with van der Waals surface area (Å²) in [6.45, 7) is 2.40. The van der Waals surface area contributed by atoms with E-state index in [1.165, 1.54) is 0 Å². The van der Waals surface area contributed by atoms with E-state index in [9.17, 15) is 0 Å². The summed E-state index contributed by atoms with van der Waals surface area (Å²) in [4.78, 5) is 0. The third kappa shape index (κ3) is 5.50. The molecule has 0 amide bonds. The molecule has 0 N–H and O–H groups in total. The number of hydrogen-bond donors (Lipinski definition) is 0. The highest BCUT2D eigenvalue weighted by molar-refractivity contribution is 9.10. The normalized spacial score (nSPS) is 10.1. The Morgan fingerprint density at radius 3 is 2.72 bits per heavy atom. The second kappa shape index (κ2) is 8.92. The lowest BCUT2D eigenvalue weighted by atomic mass is 10.2. The summed E-state index contributed by atoms with van der Waals surface area (Å²) < 4.78 is 16.6. The molecule has 0 radical (unpaired) electrons. The van der Waals surface area contributed by atoms with Crippen molar-refractivity contribution in [3.8, 4) is 11.8 Å². The Balaban J connectivity index is 2.21. The van der Waals surface area contributed by atoms with Gasteiger partial charge in [0.1, 0.15) is 12.4 Å². The second-order valence-corrected chi connectivity index (χ2v) is 4.42. The Labute approximate surface area is 116 Å². The van der Waals surface area contributed by atoms with Gasteiger partial charge in [-0.05, 0) is 40.5 Å². The molecule has 1 aromatic rings. The number of hydrogen-bond acceptors (Lipinski definition) is 4. The molecule has 1 aromatic carbocycles. The summed E-state index contributed by atoms with van der Waals surface area (Å²) in [6.07, 6.45) is 0.886. The molecule has 0 spiro atoms. The van der Waals surface area contributed by atoms with Crippen LogP contribution in [0.15, 0.2) is 22.7 Å². The molecule has 0 aliphatic rings. The highest BCUT2D eigenvalue weighted by Crippen LogP contribution is 2.25. The zero-order chi connectivity index (χ0) is 13.2. The van der Waals surface area contributed by atoms with Crippen molar-refractivity contribution in [3.63, 3.8) is 0 Å². The maximum Gasteiger partial charge on any atom is 0.133 e. The number of benzene rings is 1. The van der Waals surface area contributed by atoms with Gasteiger partial charge in [0.05, 0.1) is 22.7 Å². The molecule has 0 saturated heterocycles. The van der Waals surface area contributed by atoms with Crippen LogP contribution in [0.3, 0.4) is 0 Å². The van der Waals surface area contributed by atoms with Gasteiger partial charge in [0, 0.05) is 20.3 Å². The highest BCUT2D eigenvalue weighted by Gasteiger charge is 2.02. The minimum absolute atomic E-state index is 0.484. The third-order valence-corrected chi connectivity index (χ3v) is 2.80. The van der Waals surface area contributed by atoms with Crippen molar-refractivity contribution in [3.05, 3.63) is 28.2 Å². The zero-order valence-electron chi connectivity index (χ0n) is 10.3. The van der Waals surface area contributed by atoms with Crippen LogP contribution >= 0.6 is 15.9 Å². The largest absolute Gasteiger partial charge is 0.490 e. The van der Waals surface area contributed by atoms with Crippen LogP contribution in [0.5, 0.6) is 5.75 Å². The first-order valence-electron chi connectivity index (χ1n) is 5.67. The van der Waals surface area contributed by atoms with Crippen molar-refractivity contribution < 1.29 is 14.2 Å². The molecule has 1 rings (SSSR count).